The van der Waals surface area contributed by atoms with Gasteiger partial charge >= 0.3 is 0 Å². The first-order chi connectivity index (χ1) is 8.57. The van der Waals surface area contributed by atoms with Crippen molar-refractivity contribution in [1.82, 2.24) is 10.2 Å². The monoisotopic (exact) mass is 295 g/mol. The summed E-state index contributed by atoms with van der Waals surface area (Å²) in [5.74, 6) is 0.478. The van der Waals surface area contributed by atoms with E-state index < -0.39 is 30.6 Å². The highest BCUT2D eigenvalue weighted by molar-refractivity contribution is 5.85. The molecule has 0 spiro atoms. The molecule has 0 aromatic heterocycles. The van der Waals surface area contributed by atoms with Crippen molar-refractivity contribution < 1.29 is 20.4 Å². The second-order valence-electron chi connectivity index (χ2n) is 4.80. The Hall–Kier alpha value is -0.600. The molecule has 112 valence electrons. The van der Waals surface area contributed by atoms with Crippen LogP contribution in [0.4, 0.5) is 0 Å². The van der Waals surface area contributed by atoms with Gasteiger partial charge in [0.05, 0.1) is 12.6 Å². The number of aliphatic hydroxyl groups is 4. The Labute approximate surface area is 118 Å². The lowest BCUT2D eigenvalue weighted by Gasteiger charge is -2.44. The van der Waals surface area contributed by atoms with E-state index in [1.807, 2.05) is 0 Å². The van der Waals surface area contributed by atoms with Crippen LogP contribution in [-0.4, -0.2) is 75.0 Å². The first-order valence-electron chi connectivity index (χ1n) is 6.36. The number of piperidine rings is 1. The third kappa shape index (κ3) is 2.95. The molecule has 0 saturated carbocycles. The molecule has 0 amide bonds. The Kier molecular flexibility index (Phi) is 5.82. The highest BCUT2D eigenvalue weighted by atomic mass is 35.5. The van der Waals surface area contributed by atoms with Crippen LogP contribution in [0, 0.1) is 0 Å². The van der Waals surface area contributed by atoms with E-state index in [9.17, 15) is 20.4 Å². The smallest absolute Gasteiger partial charge is 0.196 e. The molecule has 2 aliphatic heterocycles. The summed E-state index contributed by atoms with van der Waals surface area (Å²) in [7, 11) is 0. The van der Waals surface area contributed by atoms with E-state index in [2.05, 4.69) is 17.2 Å². The number of hydrogen-bond donors (Lipinski definition) is 5. The highest BCUT2D eigenvalue weighted by Crippen LogP contribution is 2.26. The van der Waals surface area contributed by atoms with E-state index in [1.54, 1.807) is 0 Å². The molecule has 0 radical (unpaired) electrons. The van der Waals surface area contributed by atoms with E-state index in [4.69, 9.17) is 0 Å². The van der Waals surface area contributed by atoms with Crippen molar-refractivity contribution in [2.45, 2.75) is 50.3 Å². The zero-order chi connectivity index (χ0) is 13.3. The molecular weight excluding hydrogens is 274 g/mol. The summed E-state index contributed by atoms with van der Waals surface area (Å²) < 4.78 is 0. The number of rotatable bonds is 3. The van der Waals surface area contributed by atoms with Gasteiger partial charge in [-0.25, -0.2) is 0 Å². The molecular formula is C11H22ClN3O4. The summed E-state index contributed by atoms with van der Waals surface area (Å²) >= 11 is 0. The van der Waals surface area contributed by atoms with Gasteiger partial charge in [0.2, 0.25) is 0 Å². The second-order valence-corrected chi connectivity index (χ2v) is 4.80. The molecule has 0 aliphatic carbocycles. The van der Waals surface area contributed by atoms with Crippen molar-refractivity contribution in [3.63, 3.8) is 0 Å². The van der Waals surface area contributed by atoms with E-state index in [0.29, 0.717) is 12.5 Å². The highest BCUT2D eigenvalue weighted by Gasteiger charge is 2.50. The predicted molar refractivity (Wildman–Crippen MR) is 72.1 cm³/mol. The van der Waals surface area contributed by atoms with E-state index >= 15 is 0 Å². The fourth-order valence-corrected chi connectivity index (χ4v) is 2.40. The van der Waals surface area contributed by atoms with Gasteiger partial charge in [-0.05, 0) is 6.42 Å². The standard InChI is InChI=1S/C11H21N3O4.ClH/c1-2-3-4-12-11-13-5-6-7(15)8(16)9(17)10(18)14(6)11;/h6-10,15-18H,2-5H2,1H3,(H,12,13);1H/t6-,7+,8+,9-,10-;/m1./s1. The summed E-state index contributed by atoms with van der Waals surface area (Å²) in [6.45, 7) is 3.09. The zero-order valence-corrected chi connectivity index (χ0v) is 11.6. The minimum atomic E-state index is -1.40. The van der Waals surface area contributed by atoms with Crippen molar-refractivity contribution in [3.05, 3.63) is 0 Å². The molecule has 0 aromatic carbocycles. The minimum absolute atomic E-state index is 0. The lowest BCUT2D eigenvalue weighted by molar-refractivity contribution is -0.192. The summed E-state index contributed by atoms with van der Waals surface area (Å²) in [6.07, 6.45) is -3.09. The van der Waals surface area contributed by atoms with Crippen molar-refractivity contribution in [2.24, 2.45) is 4.99 Å². The number of unbranched alkanes of at least 4 members (excludes halogenated alkanes) is 1. The van der Waals surface area contributed by atoms with Crippen molar-refractivity contribution in [1.29, 1.82) is 0 Å². The third-order valence-electron chi connectivity index (χ3n) is 3.53. The van der Waals surface area contributed by atoms with Gasteiger partial charge in [-0.1, -0.05) is 13.3 Å². The number of guanidine groups is 1. The first kappa shape index (κ1) is 16.5. The summed E-state index contributed by atoms with van der Waals surface area (Å²) in [5.41, 5.74) is 0. The van der Waals surface area contributed by atoms with Gasteiger partial charge in [0, 0.05) is 6.54 Å². The zero-order valence-electron chi connectivity index (χ0n) is 10.8. The maximum absolute atomic E-state index is 9.95. The lowest BCUT2D eigenvalue weighted by Crippen LogP contribution is -2.67. The Bertz CT molecular complexity index is 331. The van der Waals surface area contributed by atoms with Crippen LogP contribution in [-0.2, 0) is 0 Å². The molecule has 0 unspecified atom stereocenters. The van der Waals surface area contributed by atoms with Gasteiger partial charge in [0.1, 0.15) is 18.3 Å². The Morgan fingerprint density at radius 2 is 1.89 bits per heavy atom. The Morgan fingerprint density at radius 1 is 1.21 bits per heavy atom. The van der Waals surface area contributed by atoms with Gasteiger partial charge in [0.25, 0.3) is 0 Å². The largest absolute Gasteiger partial charge is 0.388 e. The molecule has 8 heteroatoms. The first-order valence-corrected chi connectivity index (χ1v) is 6.36. The molecule has 2 rings (SSSR count). The number of halogens is 1. The van der Waals surface area contributed by atoms with Gasteiger partial charge in [0.15, 0.2) is 12.2 Å². The van der Waals surface area contributed by atoms with Gasteiger partial charge in [-0.2, -0.15) is 0 Å². The van der Waals surface area contributed by atoms with Crippen molar-refractivity contribution in [2.75, 3.05) is 13.1 Å². The number of aliphatic hydroxyl groups excluding tert-OH is 4. The molecule has 5 N–H and O–H groups in total. The van der Waals surface area contributed by atoms with Crippen LogP contribution in [0.15, 0.2) is 4.99 Å². The summed E-state index contributed by atoms with van der Waals surface area (Å²) in [5, 5.41) is 42.2. The van der Waals surface area contributed by atoms with Gasteiger partial charge < -0.3 is 30.6 Å². The summed E-state index contributed by atoms with van der Waals surface area (Å²) in [6, 6.07) is -0.484. The fraction of sp³-hybridized carbons (Fsp3) is 0.909. The van der Waals surface area contributed by atoms with Crippen LogP contribution >= 0.6 is 12.4 Å². The minimum Gasteiger partial charge on any atom is -0.388 e. The molecule has 1 fully saturated rings. The van der Waals surface area contributed by atoms with Gasteiger partial charge in [-0.15, -0.1) is 12.4 Å². The predicted octanol–water partition coefficient (Wildman–Crippen LogP) is -1.75. The quantitative estimate of drug-likeness (QED) is 0.395. The maximum atomic E-state index is 9.95. The summed E-state index contributed by atoms with van der Waals surface area (Å²) in [4.78, 5) is 5.67. The van der Waals surface area contributed by atoms with Crippen molar-refractivity contribution in [3.8, 4) is 0 Å². The van der Waals surface area contributed by atoms with Crippen LogP contribution < -0.4 is 5.32 Å². The van der Waals surface area contributed by atoms with Crippen LogP contribution in [0.5, 0.6) is 0 Å². The van der Waals surface area contributed by atoms with Crippen LogP contribution in [0.25, 0.3) is 0 Å². The maximum Gasteiger partial charge on any atom is 0.196 e. The van der Waals surface area contributed by atoms with Crippen LogP contribution in [0.2, 0.25) is 0 Å². The molecule has 1 saturated heterocycles. The van der Waals surface area contributed by atoms with E-state index in [1.165, 1.54) is 4.90 Å². The van der Waals surface area contributed by atoms with E-state index in [-0.39, 0.29) is 12.4 Å². The normalized spacial score (nSPS) is 37.4. The molecule has 5 atom stereocenters. The van der Waals surface area contributed by atoms with Crippen LogP contribution in [0.1, 0.15) is 19.8 Å². The number of aliphatic imine (C=N–C) groups is 1. The SMILES string of the molecule is CCCCNC1=NC[C@@H]2[C@H](O)[C@H](O)[C@@H](O)[C@@H](O)N12.Cl. The molecule has 2 heterocycles. The van der Waals surface area contributed by atoms with Crippen molar-refractivity contribution >= 4 is 18.4 Å². The third-order valence-corrected chi connectivity index (χ3v) is 3.53. The Balaban J connectivity index is 0.00000180. The van der Waals surface area contributed by atoms with E-state index in [0.717, 1.165) is 19.4 Å². The molecule has 0 aromatic rings. The topological polar surface area (TPSA) is 109 Å². The molecule has 0 bridgehead atoms. The van der Waals surface area contributed by atoms with Gasteiger partial charge in [-0.3, -0.25) is 4.99 Å². The van der Waals surface area contributed by atoms with Crippen LogP contribution in [0.3, 0.4) is 0 Å². The average molecular weight is 296 g/mol. The second kappa shape index (κ2) is 6.71. The number of nitrogens with one attached hydrogen (secondary N) is 1. The molecule has 19 heavy (non-hydrogen) atoms. The number of hydrogen-bond acceptors (Lipinski definition) is 7. The number of nitrogens with zero attached hydrogens (tertiary/aromatic N) is 2. The lowest BCUT2D eigenvalue weighted by atomic mass is 9.93. The molecule has 2 aliphatic rings. The molecule has 7 nitrogen and oxygen atoms in total. The Morgan fingerprint density at radius 3 is 2.53 bits per heavy atom. The fourth-order valence-electron chi connectivity index (χ4n) is 2.40. The average Bonchev–Trinajstić information content (AvgIpc) is 2.78. The number of fused-ring (bicyclic) bond motifs is 1.